The highest BCUT2D eigenvalue weighted by molar-refractivity contribution is 7.85. The van der Waals surface area contributed by atoms with Crippen molar-refractivity contribution in [3.63, 3.8) is 0 Å². The summed E-state index contributed by atoms with van der Waals surface area (Å²) in [6.45, 7) is 3.36. The van der Waals surface area contributed by atoms with Gasteiger partial charge in [-0.25, -0.2) is 0 Å². The van der Waals surface area contributed by atoms with Crippen LogP contribution < -0.4 is 0 Å². The molecule has 5 nitrogen and oxygen atoms in total. The van der Waals surface area contributed by atoms with Crippen molar-refractivity contribution in [3.05, 3.63) is 0 Å². The molecule has 0 aromatic heterocycles. The molecule has 0 amide bonds. The molecule has 1 N–H and O–H groups in total. The summed E-state index contributed by atoms with van der Waals surface area (Å²) < 4.78 is 34.8. The Hall–Kier alpha value is -1.06. The number of hydrogen-bond acceptors (Lipinski definition) is 4. The number of rotatable bonds is 6. The van der Waals surface area contributed by atoms with E-state index in [4.69, 9.17) is 9.29 Å². The van der Waals surface area contributed by atoms with Gasteiger partial charge in [0.05, 0.1) is 12.4 Å². The second kappa shape index (κ2) is 7.25. The zero-order valence-corrected chi connectivity index (χ0v) is 10.2. The molecule has 16 heavy (non-hydrogen) atoms. The largest absolute Gasteiger partial charge is 0.466 e. The van der Waals surface area contributed by atoms with Gasteiger partial charge in [-0.2, -0.15) is 8.42 Å². The topological polar surface area (TPSA) is 80.7 Å². The summed E-state index contributed by atoms with van der Waals surface area (Å²) in [7, 11) is -4.04. The zero-order chi connectivity index (χ0) is 12.6. The molecular weight excluding hydrogens is 232 g/mol. The molecule has 0 heterocycles. The highest BCUT2D eigenvalue weighted by Crippen LogP contribution is 2.06. The van der Waals surface area contributed by atoms with Gasteiger partial charge < -0.3 is 4.74 Å². The van der Waals surface area contributed by atoms with E-state index >= 15 is 0 Å². The van der Waals surface area contributed by atoms with Gasteiger partial charge in [-0.1, -0.05) is 12.8 Å². The highest BCUT2D eigenvalue weighted by Gasteiger charge is 2.15. The van der Waals surface area contributed by atoms with Crippen LogP contribution in [-0.4, -0.2) is 31.3 Å². The van der Waals surface area contributed by atoms with Gasteiger partial charge in [0.15, 0.2) is 0 Å². The van der Waals surface area contributed by atoms with Crippen molar-refractivity contribution in [2.24, 2.45) is 5.92 Å². The van der Waals surface area contributed by atoms with Crippen molar-refractivity contribution in [1.82, 2.24) is 0 Å². The minimum Gasteiger partial charge on any atom is -0.466 e. The number of carbonyl (C=O) groups is 1. The summed E-state index contributed by atoms with van der Waals surface area (Å²) >= 11 is 0. The Labute approximate surface area is 95.9 Å². The number of esters is 1. The van der Waals surface area contributed by atoms with Gasteiger partial charge >= 0.3 is 5.97 Å². The van der Waals surface area contributed by atoms with Crippen LogP contribution >= 0.6 is 0 Å². The summed E-state index contributed by atoms with van der Waals surface area (Å²) in [5.74, 6) is 3.95. The molecule has 0 rings (SSSR count). The summed E-state index contributed by atoms with van der Waals surface area (Å²) in [4.78, 5) is 10.8. The van der Waals surface area contributed by atoms with Gasteiger partial charge in [0.1, 0.15) is 0 Å². The van der Waals surface area contributed by atoms with Gasteiger partial charge in [-0.3, -0.25) is 9.35 Å². The lowest BCUT2D eigenvalue weighted by Gasteiger charge is -2.08. The average Bonchev–Trinajstić information content (AvgIpc) is 2.15. The Balaban J connectivity index is 4.14. The van der Waals surface area contributed by atoms with Crippen molar-refractivity contribution in [1.29, 1.82) is 0 Å². The van der Waals surface area contributed by atoms with Crippen LogP contribution in [0.2, 0.25) is 0 Å². The third-order valence-electron chi connectivity index (χ3n) is 1.78. The molecule has 0 radical (unpaired) electrons. The van der Waals surface area contributed by atoms with Crippen LogP contribution in [0.5, 0.6) is 0 Å². The van der Waals surface area contributed by atoms with Crippen LogP contribution in [0.4, 0.5) is 0 Å². The molecule has 6 heteroatoms. The van der Waals surface area contributed by atoms with Crippen LogP contribution in [0.3, 0.4) is 0 Å². The van der Waals surface area contributed by atoms with Gasteiger partial charge in [0.25, 0.3) is 10.1 Å². The van der Waals surface area contributed by atoms with E-state index < -0.39 is 21.8 Å². The average molecular weight is 248 g/mol. The molecule has 1 unspecified atom stereocenters. The van der Waals surface area contributed by atoms with E-state index in [-0.39, 0.29) is 19.0 Å². The first kappa shape index (κ1) is 14.9. The van der Waals surface area contributed by atoms with Crippen LogP contribution in [0.15, 0.2) is 0 Å². The maximum atomic E-state index is 10.8. The molecule has 0 aromatic carbocycles. The zero-order valence-electron chi connectivity index (χ0n) is 9.39. The maximum Gasteiger partial charge on any atom is 0.305 e. The molecular formula is C10H16O5S. The molecule has 0 saturated carbocycles. The second-order valence-electron chi connectivity index (χ2n) is 3.20. The Morgan fingerprint density at radius 2 is 2.12 bits per heavy atom. The molecule has 0 fully saturated rings. The number of ether oxygens (including phenoxy) is 1. The standard InChI is InChI=1S/C10H16O5S/c1-3-5-9(8-16(12,13)14)6-7-15-10(11)4-2/h9H,4,6-8H2,1-2H3,(H,12,13,14). The lowest BCUT2D eigenvalue weighted by Crippen LogP contribution is -2.17. The molecule has 0 aliphatic carbocycles. The molecule has 0 aromatic rings. The normalized spacial score (nSPS) is 12.4. The van der Waals surface area contributed by atoms with Gasteiger partial charge in [0.2, 0.25) is 0 Å². The first-order valence-corrected chi connectivity index (χ1v) is 6.53. The third-order valence-corrected chi connectivity index (χ3v) is 2.60. The predicted octanol–water partition coefficient (Wildman–Crippen LogP) is 0.857. The molecule has 0 saturated heterocycles. The lowest BCUT2D eigenvalue weighted by molar-refractivity contribution is -0.143. The Bertz CT molecular complexity index is 374. The van der Waals surface area contributed by atoms with Crippen molar-refractivity contribution in [2.75, 3.05) is 12.4 Å². The summed E-state index contributed by atoms with van der Waals surface area (Å²) in [6, 6.07) is 0. The number of carbonyl (C=O) groups excluding carboxylic acids is 1. The smallest absolute Gasteiger partial charge is 0.305 e. The van der Waals surface area contributed by atoms with E-state index in [0.29, 0.717) is 6.42 Å². The second-order valence-corrected chi connectivity index (χ2v) is 4.70. The van der Waals surface area contributed by atoms with Crippen LogP contribution in [-0.2, 0) is 19.6 Å². The van der Waals surface area contributed by atoms with Crippen molar-refractivity contribution >= 4 is 16.1 Å². The minimum atomic E-state index is -4.04. The van der Waals surface area contributed by atoms with Crippen molar-refractivity contribution < 1.29 is 22.5 Å². The monoisotopic (exact) mass is 248 g/mol. The Morgan fingerprint density at radius 3 is 2.56 bits per heavy atom. The lowest BCUT2D eigenvalue weighted by atomic mass is 10.1. The molecule has 0 aliphatic rings. The highest BCUT2D eigenvalue weighted by atomic mass is 32.2. The van der Waals surface area contributed by atoms with Crippen LogP contribution in [0.1, 0.15) is 26.7 Å². The van der Waals surface area contributed by atoms with Crippen molar-refractivity contribution in [2.45, 2.75) is 26.7 Å². The SMILES string of the molecule is CC#CC(CCOC(=O)CC)CS(=O)(=O)O. The minimum absolute atomic E-state index is 0.113. The quantitative estimate of drug-likeness (QED) is 0.428. The van der Waals surface area contributed by atoms with Gasteiger partial charge in [-0.15, -0.1) is 5.92 Å². The fourth-order valence-electron chi connectivity index (χ4n) is 1.07. The molecule has 92 valence electrons. The molecule has 1 atom stereocenters. The first-order chi connectivity index (χ1) is 7.39. The fraction of sp³-hybridized carbons (Fsp3) is 0.700. The Kier molecular flexibility index (Phi) is 6.77. The number of hydrogen-bond donors (Lipinski definition) is 1. The van der Waals surface area contributed by atoms with E-state index in [1.807, 2.05) is 0 Å². The first-order valence-electron chi connectivity index (χ1n) is 4.92. The predicted molar refractivity (Wildman–Crippen MR) is 59.2 cm³/mol. The van der Waals surface area contributed by atoms with Gasteiger partial charge in [-0.05, 0) is 13.3 Å². The van der Waals surface area contributed by atoms with Crippen molar-refractivity contribution in [3.8, 4) is 11.8 Å². The van der Waals surface area contributed by atoms with E-state index in [1.165, 1.54) is 0 Å². The van der Waals surface area contributed by atoms with Crippen LogP contribution in [0, 0.1) is 17.8 Å². The third kappa shape index (κ3) is 8.26. The van der Waals surface area contributed by atoms with E-state index in [1.54, 1.807) is 13.8 Å². The maximum absolute atomic E-state index is 10.8. The summed E-state index contributed by atoms with van der Waals surface area (Å²) in [5, 5.41) is 0. The fourth-order valence-corrected chi connectivity index (χ4v) is 1.83. The summed E-state index contributed by atoms with van der Waals surface area (Å²) in [6.07, 6.45) is 0.578. The van der Waals surface area contributed by atoms with Crippen LogP contribution in [0.25, 0.3) is 0 Å². The summed E-state index contributed by atoms with van der Waals surface area (Å²) in [5.41, 5.74) is 0. The van der Waals surface area contributed by atoms with E-state index in [9.17, 15) is 13.2 Å². The molecule has 0 spiro atoms. The molecule has 0 bridgehead atoms. The van der Waals surface area contributed by atoms with Gasteiger partial charge in [0, 0.05) is 12.3 Å². The van der Waals surface area contributed by atoms with E-state index in [2.05, 4.69) is 11.8 Å². The molecule has 0 aliphatic heterocycles. The Morgan fingerprint density at radius 1 is 1.50 bits per heavy atom. The van der Waals surface area contributed by atoms with E-state index in [0.717, 1.165) is 0 Å².